The summed E-state index contributed by atoms with van der Waals surface area (Å²) >= 11 is 1.43. The van der Waals surface area contributed by atoms with Gasteiger partial charge in [0.2, 0.25) is 11.0 Å². The first-order valence-electron chi connectivity index (χ1n) is 7.91. The second-order valence-electron chi connectivity index (χ2n) is 5.70. The Hall–Kier alpha value is -2.53. The Labute approximate surface area is 145 Å². The van der Waals surface area contributed by atoms with Crippen molar-refractivity contribution in [2.24, 2.45) is 0 Å². The van der Waals surface area contributed by atoms with Crippen LogP contribution in [0, 0.1) is 6.92 Å². The molecular weight excluding hydrogens is 318 g/mol. The van der Waals surface area contributed by atoms with Gasteiger partial charge in [-0.15, -0.1) is 10.2 Å². The number of amides is 1. The molecule has 1 amide bonds. The quantitative estimate of drug-likeness (QED) is 0.739. The predicted octanol–water partition coefficient (Wildman–Crippen LogP) is 4.01. The molecule has 0 aliphatic heterocycles. The van der Waals surface area contributed by atoms with E-state index in [4.69, 9.17) is 0 Å². The number of benzene rings is 2. The van der Waals surface area contributed by atoms with E-state index < -0.39 is 0 Å². The fraction of sp³-hybridized carbons (Fsp3) is 0.211. The summed E-state index contributed by atoms with van der Waals surface area (Å²) in [4.78, 5) is 12.0. The zero-order chi connectivity index (χ0) is 16.8. The van der Waals surface area contributed by atoms with Crippen molar-refractivity contribution in [1.29, 1.82) is 0 Å². The monoisotopic (exact) mass is 337 g/mol. The van der Waals surface area contributed by atoms with Gasteiger partial charge in [0, 0.05) is 12.8 Å². The molecule has 0 aliphatic carbocycles. The van der Waals surface area contributed by atoms with E-state index in [9.17, 15) is 4.79 Å². The van der Waals surface area contributed by atoms with Crippen molar-refractivity contribution in [3.8, 4) is 0 Å². The van der Waals surface area contributed by atoms with Gasteiger partial charge in [-0.1, -0.05) is 71.5 Å². The fourth-order valence-corrected chi connectivity index (χ4v) is 3.13. The summed E-state index contributed by atoms with van der Waals surface area (Å²) < 4.78 is 0. The van der Waals surface area contributed by atoms with E-state index in [-0.39, 0.29) is 5.91 Å². The van der Waals surface area contributed by atoms with E-state index in [0.29, 0.717) is 11.6 Å². The van der Waals surface area contributed by atoms with Crippen molar-refractivity contribution in [1.82, 2.24) is 10.2 Å². The molecule has 1 aromatic heterocycles. The minimum atomic E-state index is -0.0296. The van der Waals surface area contributed by atoms with Crippen LogP contribution in [-0.2, 0) is 17.6 Å². The van der Waals surface area contributed by atoms with Crippen LogP contribution in [0.15, 0.2) is 54.6 Å². The second-order valence-corrected chi connectivity index (χ2v) is 6.76. The molecule has 3 rings (SSSR count). The molecular formula is C19H19N3OS. The van der Waals surface area contributed by atoms with Gasteiger partial charge in [0.05, 0.1) is 0 Å². The van der Waals surface area contributed by atoms with E-state index in [2.05, 4.69) is 58.8 Å². The van der Waals surface area contributed by atoms with Crippen LogP contribution in [0.3, 0.4) is 0 Å². The van der Waals surface area contributed by atoms with E-state index in [1.54, 1.807) is 0 Å². The lowest BCUT2D eigenvalue weighted by Gasteiger charge is -2.02. The number of aromatic nitrogens is 2. The first-order valence-corrected chi connectivity index (χ1v) is 8.72. The van der Waals surface area contributed by atoms with Crippen LogP contribution >= 0.6 is 11.3 Å². The SMILES string of the molecule is Cc1ccc(CCC(=O)Nc2nnc(Cc3ccccc3)s2)cc1. The van der Waals surface area contributed by atoms with Gasteiger partial charge in [0.25, 0.3) is 0 Å². The van der Waals surface area contributed by atoms with Gasteiger partial charge in [-0.05, 0) is 24.5 Å². The lowest BCUT2D eigenvalue weighted by Crippen LogP contribution is -2.12. The number of aryl methyl sites for hydroxylation is 2. The van der Waals surface area contributed by atoms with Gasteiger partial charge in [-0.2, -0.15) is 0 Å². The molecule has 4 nitrogen and oxygen atoms in total. The van der Waals surface area contributed by atoms with Crippen molar-refractivity contribution < 1.29 is 4.79 Å². The van der Waals surface area contributed by atoms with Crippen LogP contribution in [0.5, 0.6) is 0 Å². The molecule has 5 heteroatoms. The number of nitrogens with one attached hydrogen (secondary N) is 1. The highest BCUT2D eigenvalue weighted by Gasteiger charge is 2.09. The Kier molecular flexibility index (Phi) is 5.33. The maximum atomic E-state index is 12.0. The third-order valence-corrected chi connectivity index (χ3v) is 4.51. The predicted molar refractivity (Wildman–Crippen MR) is 97.3 cm³/mol. The average molecular weight is 337 g/mol. The Morgan fingerprint density at radius 3 is 2.50 bits per heavy atom. The number of anilines is 1. The summed E-state index contributed by atoms with van der Waals surface area (Å²) in [6.07, 6.45) is 1.90. The summed E-state index contributed by atoms with van der Waals surface area (Å²) in [5, 5.41) is 12.5. The van der Waals surface area contributed by atoms with E-state index in [1.165, 1.54) is 22.5 Å². The zero-order valence-corrected chi connectivity index (χ0v) is 14.3. The maximum absolute atomic E-state index is 12.0. The van der Waals surface area contributed by atoms with Crippen LogP contribution in [0.1, 0.15) is 28.1 Å². The molecule has 0 radical (unpaired) electrons. The normalized spacial score (nSPS) is 10.5. The minimum absolute atomic E-state index is 0.0296. The van der Waals surface area contributed by atoms with E-state index in [1.807, 2.05) is 18.2 Å². The van der Waals surface area contributed by atoms with E-state index >= 15 is 0 Å². The molecule has 0 aliphatic rings. The Morgan fingerprint density at radius 1 is 1.00 bits per heavy atom. The highest BCUT2D eigenvalue weighted by Crippen LogP contribution is 2.19. The number of rotatable bonds is 6. The van der Waals surface area contributed by atoms with Gasteiger partial charge in [-0.3, -0.25) is 4.79 Å². The average Bonchev–Trinajstić information content (AvgIpc) is 3.02. The molecule has 0 fully saturated rings. The van der Waals surface area contributed by atoms with Crippen molar-refractivity contribution in [3.05, 3.63) is 76.3 Å². The van der Waals surface area contributed by atoms with Crippen molar-refractivity contribution in [3.63, 3.8) is 0 Å². The molecule has 0 saturated carbocycles. The molecule has 0 atom stereocenters. The van der Waals surface area contributed by atoms with Crippen LogP contribution in [-0.4, -0.2) is 16.1 Å². The third-order valence-electron chi connectivity index (χ3n) is 3.67. The van der Waals surface area contributed by atoms with Crippen molar-refractivity contribution >= 4 is 22.4 Å². The van der Waals surface area contributed by atoms with Gasteiger partial charge >= 0.3 is 0 Å². The van der Waals surface area contributed by atoms with Gasteiger partial charge in [0.15, 0.2) is 0 Å². The number of nitrogens with zero attached hydrogens (tertiary/aromatic N) is 2. The molecule has 1 N–H and O–H groups in total. The Morgan fingerprint density at radius 2 is 1.75 bits per heavy atom. The first-order chi connectivity index (χ1) is 11.7. The largest absolute Gasteiger partial charge is 0.301 e. The van der Waals surface area contributed by atoms with Crippen molar-refractivity contribution in [2.45, 2.75) is 26.2 Å². The topological polar surface area (TPSA) is 54.9 Å². The van der Waals surface area contributed by atoms with Crippen LogP contribution in [0.2, 0.25) is 0 Å². The summed E-state index contributed by atoms with van der Waals surface area (Å²) in [6, 6.07) is 18.4. The zero-order valence-electron chi connectivity index (χ0n) is 13.5. The summed E-state index contributed by atoms with van der Waals surface area (Å²) in [6.45, 7) is 2.05. The Bertz CT molecular complexity index is 797. The highest BCUT2D eigenvalue weighted by molar-refractivity contribution is 7.15. The molecule has 24 heavy (non-hydrogen) atoms. The second kappa shape index (κ2) is 7.84. The minimum Gasteiger partial charge on any atom is -0.301 e. The molecule has 0 spiro atoms. The van der Waals surface area contributed by atoms with Crippen LogP contribution in [0.25, 0.3) is 0 Å². The van der Waals surface area contributed by atoms with Gasteiger partial charge < -0.3 is 5.32 Å². The lowest BCUT2D eigenvalue weighted by atomic mass is 10.1. The Balaban J connectivity index is 1.50. The standard InChI is InChI=1S/C19H19N3OS/c1-14-7-9-15(10-8-14)11-12-17(23)20-19-22-21-18(24-19)13-16-5-3-2-4-6-16/h2-10H,11-13H2,1H3,(H,20,22,23). The van der Waals surface area contributed by atoms with Crippen molar-refractivity contribution in [2.75, 3.05) is 5.32 Å². The number of hydrogen-bond donors (Lipinski definition) is 1. The van der Waals surface area contributed by atoms with Gasteiger partial charge in [-0.25, -0.2) is 0 Å². The first kappa shape index (κ1) is 16.3. The molecule has 0 bridgehead atoms. The highest BCUT2D eigenvalue weighted by atomic mass is 32.1. The third kappa shape index (κ3) is 4.73. The molecule has 122 valence electrons. The molecule has 2 aromatic carbocycles. The van der Waals surface area contributed by atoms with Gasteiger partial charge in [0.1, 0.15) is 5.01 Å². The lowest BCUT2D eigenvalue weighted by molar-refractivity contribution is -0.116. The van der Waals surface area contributed by atoms with E-state index in [0.717, 1.165) is 23.4 Å². The summed E-state index contributed by atoms with van der Waals surface area (Å²) in [5.41, 5.74) is 3.58. The molecule has 3 aromatic rings. The maximum Gasteiger partial charge on any atom is 0.226 e. The molecule has 1 heterocycles. The van der Waals surface area contributed by atoms with Crippen LogP contribution in [0.4, 0.5) is 5.13 Å². The molecule has 0 unspecified atom stereocenters. The fourth-order valence-electron chi connectivity index (χ4n) is 2.34. The summed E-state index contributed by atoms with van der Waals surface area (Å²) in [5.74, 6) is -0.0296. The summed E-state index contributed by atoms with van der Waals surface area (Å²) in [7, 11) is 0. The number of carbonyl (C=O) groups excluding carboxylic acids is 1. The van der Waals surface area contributed by atoms with Crippen LogP contribution < -0.4 is 5.32 Å². The smallest absolute Gasteiger partial charge is 0.226 e. The number of hydrogen-bond acceptors (Lipinski definition) is 4. The number of carbonyl (C=O) groups is 1. The molecule has 0 saturated heterocycles.